The Morgan fingerprint density at radius 2 is 2.05 bits per heavy atom. The molecule has 7 heteroatoms. The molecule has 0 heterocycles. The highest BCUT2D eigenvalue weighted by molar-refractivity contribution is 7.87. The Labute approximate surface area is 114 Å². The standard InChI is InChI=1S/C12H21N3O3S/c1-15(9-5-8-13)19(16,17)14-10-11-6-3-4-7-12(11)18-2/h3-4,6-7,14H,5,8-10,13H2,1-2H3. The van der Waals surface area contributed by atoms with E-state index in [2.05, 4.69) is 4.72 Å². The number of hydrogen-bond acceptors (Lipinski definition) is 4. The maximum Gasteiger partial charge on any atom is 0.279 e. The first kappa shape index (κ1) is 15.9. The zero-order valence-corrected chi connectivity index (χ0v) is 12.1. The summed E-state index contributed by atoms with van der Waals surface area (Å²) in [6.07, 6.45) is 0.631. The third-order valence-corrected chi connectivity index (χ3v) is 4.24. The van der Waals surface area contributed by atoms with E-state index in [-0.39, 0.29) is 6.54 Å². The van der Waals surface area contributed by atoms with E-state index in [4.69, 9.17) is 10.5 Å². The smallest absolute Gasteiger partial charge is 0.279 e. The van der Waals surface area contributed by atoms with Gasteiger partial charge < -0.3 is 10.5 Å². The van der Waals surface area contributed by atoms with Crippen LogP contribution in [0.15, 0.2) is 24.3 Å². The average molecular weight is 287 g/mol. The second kappa shape index (κ2) is 7.44. The highest BCUT2D eigenvalue weighted by Crippen LogP contribution is 2.17. The predicted octanol–water partition coefficient (Wildman–Crippen LogP) is 0.310. The fraction of sp³-hybridized carbons (Fsp3) is 0.500. The SMILES string of the molecule is COc1ccccc1CNS(=O)(=O)N(C)CCCN. The summed E-state index contributed by atoms with van der Waals surface area (Å²) in [5.74, 6) is 0.662. The van der Waals surface area contributed by atoms with Crippen LogP contribution in [0.4, 0.5) is 0 Å². The Morgan fingerprint density at radius 1 is 1.37 bits per heavy atom. The normalized spacial score (nSPS) is 11.8. The van der Waals surface area contributed by atoms with E-state index < -0.39 is 10.2 Å². The number of nitrogens with zero attached hydrogens (tertiary/aromatic N) is 1. The van der Waals surface area contributed by atoms with Crippen molar-refractivity contribution in [2.75, 3.05) is 27.2 Å². The zero-order chi connectivity index (χ0) is 14.3. The minimum Gasteiger partial charge on any atom is -0.496 e. The Balaban J connectivity index is 2.64. The summed E-state index contributed by atoms with van der Waals surface area (Å²) >= 11 is 0. The second-order valence-corrected chi connectivity index (χ2v) is 5.96. The highest BCUT2D eigenvalue weighted by Gasteiger charge is 2.16. The number of hydrogen-bond donors (Lipinski definition) is 2. The predicted molar refractivity (Wildman–Crippen MR) is 75.1 cm³/mol. The molecular weight excluding hydrogens is 266 g/mol. The number of nitrogens with two attached hydrogens (primary N) is 1. The van der Waals surface area contributed by atoms with Crippen LogP contribution in [0, 0.1) is 0 Å². The lowest BCUT2D eigenvalue weighted by molar-refractivity contribution is 0.408. The Bertz CT molecular complexity index is 491. The van der Waals surface area contributed by atoms with Crippen LogP contribution >= 0.6 is 0 Å². The molecule has 0 bridgehead atoms. The molecule has 0 amide bonds. The van der Waals surface area contributed by atoms with Gasteiger partial charge in [0.2, 0.25) is 0 Å². The molecule has 0 fully saturated rings. The first-order chi connectivity index (χ1) is 9.01. The van der Waals surface area contributed by atoms with Gasteiger partial charge in [-0.3, -0.25) is 0 Å². The molecule has 6 nitrogen and oxygen atoms in total. The van der Waals surface area contributed by atoms with Gasteiger partial charge in [-0.1, -0.05) is 18.2 Å². The van der Waals surface area contributed by atoms with Crippen LogP contribution < -0.4 is 15.2 Å². The summed E-state index contributed by atoms with van der Waals surface area (Å²) in [5.41, 5.74) is 6.16. The van der Waals surface area contributed by atoms with Crippen molar-refractivity contribution >= 4 is 10.2 Å². The number of nitrogens with one attached hydrogen (secondary N) is 1. The van der Waals surface area contributed by atoms with Crippen molar-refractivity contribution in [3.8, 4) is 5.75 Å². The van der Waals surface area contributed by atoms with E-state index in [9.17, 15) is 8.42 Å². The van der Waals surface area contributed by atoms with Gasteiger partial charge in [0.05, 0.1) is 7.11 Å². The molecular formula is C12H21N3O3S. The molecule has 3 N–H and O–H groups in total. The summed E-state index contributed by atoms with van der Waals surface area (Å²) in [5, 5.41) is 0. The number of para-hydroxylation sites is 1. The summed E-state index contributed by atoms with van der Waals surface area (Å²) in [7, 11) is -0.399. The lowest BCUT2D eigenvalue weighted by Crippen LogP contribution is -2.38. The van der Waals surface area contributed by atoms with Gasteiger partial charge >= 0.3 is 0 Å². The topological polar surface area (TPSA) is 84.7 Å². The van der Waals surface area contributed by atoms with E-state index in [1.807, 2.05) is 18.2 Å². The van der Waals surface area contributed by atoms with Gasteiger partial charge in [0.15, 0.2) is 0 Å². The van der Waals surface area contributed by atoms with Gasteiger partial charge in [-0.2, -0.15) is 17.4 Å². The molecule has 1 aromatic carbocycles. The fourth-order valence-electron chi connectivity index (χ4n) is 1.56. The molecule has 0 radical (unpaired) electrons. The van der Waals surface area contributed by atoms with Crippen molar-refractivity contribution in [1.82, 2.24) is 9.03 Å². The number of rotatable bonds is 8. The number of benzene rings is 1. The minimum atomic E-state index is -3.48. The molecule has 0 aromatic heterocycles. The molecule has 0 aliphatic rings. The molecule has 0 atom stereocenters. The molecule has 0 aliphatic carbocycles. The zero-order valence-electron chi connectivity index (χ0n) is 11.3. The molecule has 19 heavy (non-hydrogen) atoms. The Hall–Kier alpha value is -1.15. The van der Waals surface area contributed by atoms with Crippen molar-refractivity contribution in [2.45, 2.75) is 13.0 Å². The largest absolute Gasteiger partial charge is 0.496 e. The van der Waals surface area contributed by atoms with Gasteiger partial charge in [0, 0.05) is 25.7 Å². The van der Waals surface area contributed by atoms with Crippen molar-refractivity contribution in [3.05, 3.63) is 29.8 Å². The minimum absolute atomic E-state index is 0.194. The van der Waals surface area contributed by atoms with Crippen molar-refractivity contribution < 1.29 is 13.2 Å². The van der Waals surface area contributed by atoms with Crippen molar-refractivity contribution in [2.24, 2.45) is 5.73 Å². The fourth-order valence-corrected chi connectivity index (χ4v) is 2.49. The van der Waals surface area contributed by atoms with Gasteiger partial charge in [-0.25, -0.2) is 0 Å². The molecule has 0 saturated heterocycles. The van der Waals surface area contributed by atoms with Crippen LogP contribution in [-0.4, -0.2) is 40.0 Å². The Kier molecular flexibility index (Phi) is 6.23. The second-order valence-electron chi connectivity index (χ2n) is 4.10. The maximum absolute atomic E-state index is 11.9. The van der Waals surface area contributed by atoms with E-state index in [1.54, 1.807) is 13.2 Å². The molecule has 108 valence electrons. The van der Waals surface area contributed by atoms with Crippen molar-refractivity contribution in [3.63, 3.8) is 0 Å². The van der Waals surface area contributed by atoms with Gasteiger partial charge in [-0.05, 0) is 19.0 Å². The highest BCUT2D eigenvalue weighted by atomic mass is 32.2. The third kappa shape index (κ3) is 4.79. The quantitative estimate of drug-likeness (QED) is 0.720. The molecule has 0 aliphatic heterocycles. The monoisotopic (exact) mass is 287 g/mol. The van der Waals surface area contributed by atoms with Crippen LogP contribution in [0.3, 0.4) is 0 Å². The Morgan fingerprint density at radius 3 is 2.68 bits per heavy atom. The molecule has 0 unspecified atom stereocenters. The van der Waals surface area contributed by atoms with Gasteiger partial charge in [0.1, 0.15) is 5.75 Å². The van der Waals surface area contributed by atoms with Crippen LogP contribution in [-0.2, 0) is 16.8 Å². The van der Waals surface area contributed by atoms with Crippen LogP contribution in [0.5, 0.6) is 5.75 Å². The van der Waals surface area contributed by atoms with E-state index in [1.165, 1.54) is 11.4 Å². The lowest BCUT2D eigenvalue weighted by atomic mass is 10.2. The van der Waals surface area contributed by atoms with Crippen LogP contribution in [0.2, 0.25) is 0 Å². The van der Waals surface area contributed by atoms with E-state index >= 15 is 0 Å². The van der Waals surface area contributed by atoms with Gasteiger partial charge in [-0.15, -0.1) is 0 Å². The van der Waals surface area contributed by atoms with Crippen molar-refractivity contribution in [1.29, 1.82) is 0 Å². The lowest BCUT2D eigenvalue weighted by Gasteiger charge is -2.17. The van der Waals surface area contributed by atoms with E-state index in [0.717, 1.165) is 5.56 Å². The third-order valence-electron chi connectivity index (χ3n) is 2.72. The van der Waals surface area contributed by atoms with Crippen LogP contribution in [0.25, 0.3) is 0 Å². The van der Waals surface area contributed by atoms with E-state index in [0.29, 0.717) is 25.3 Å². The maximum atomic E-state index is 11.9. The summed E-state index contributed by atoms with van der Waals surface area (Å²) < 4.78 is 32.9. The number of methoxy groups -OCH3 is 1. The average Bonchev–Trinajstić information content (AvgIpc) is 2.42. The molecule has 1 aromatic rings. The first-order valence-corrected chi connectivity index (χ1v) is 7.48. The first-order valence-electron chi connectivity index (χ1n) is 6.04. The van der Waals surface area contributed by atoms with Gasteiger partial charge in [0.25, 0.3) is 10.2 Å². The summed E-state index contributed by atoms with van der Waals surface area (Å²) in [6.45, 7) is 1.06. The summed E-state index contributed by atoms with van der Waals surface area (Å²) in [4.78, 5) is 0. The molecule has 0 spiro atoms. The molecule has 0 saturated carbocycles. The molecule has 1 rings (SSSR count). The van der Waals surface area contributed by atoms with Crippen LogP contribution in [0.1, 0.15) is 12.0 Å². The summed E-state index contributed by atoms with van der Waals surface area (Å²) in [6, 6.07) is 7.29. The number of ether oxygens (including phenoxy) is 1.